The quantitative estimate of drug-likeness (QED) is 0.800. The van der Waals surface area contributed by atoms with Gasteiger partial charge in [0, 0.05) is 38.9 Å². The first-order valence-electron chi connectivity index (χ1n) is 6.54. The molecule has 0 amide bonds. The van der Waals surface area contributed by atoms with Crippen LogP contribution < -0.4 is 10.6 Å². The number of aromatic nitrogens is 2. The van der Waals surface area contributed by atoms with E-state index in [1.807, 2.05) is 18.7 Å². The molecule has 1 heterocycles. The van der Waals surface area contributed by atoms with E-state index in [0.29, 0.717) is 19.2 Å². The summed E-state index contributed by atoms with van der Waals surface area (Å²) in [5.41, 5.74) is 8.01. The Labute approximate surface area is 110 Å². The fourth-order valence-electron chi connectivity index (χ4n) is 2.23. The van der Waals surface area contributed by atoms with Crippen LogP contribution in [-0.4, -0.2) is 36.1 Å². The van der Waals surface area contributed by atoms with E-state index in [4.69, 9.17) is 10.5 Å². The van der Waals surface area contributed by atoms with Gasteiger partial charge in [0.2, 0.25) is 0 Å². The van der Waals surface area contributed by atoms with Gasteiger partial charge in [-0.1, -0.05) is 6.92 Å². The topological polar surface area (TPSA) is 56.3 Å². The van der Waals surface area contributed by atoms with Gasteiger partial charge in [-0.05, 0) is 20.3 Å². The van der Waals surface area contributed by atoms with Crippen LogP contribution in [-0.2, 0) is 18.3 Å². The molecule has 0 fully saturated rings. The fraction of sp³-hybridized carbons (Fsp3) is 0.769. The molecule has 104 valence electrons. The highest BCUT2D eigenvalue weighted by molar-refractivity contribution is 5.51. The summed E-state index contributed by atoms with van der Waals surface area (Å²) in [6, 6.07) is 0.445. The van der Waals surface area contributed by atoms with E-state index in [1.165, 1.54) is 0 Å². The van der Waals surface area contributed by atoms with Crippen molar-refractivity contribution in [3.63, 3.8) is 0 Å². The summed E-state index contributed by atoms with van der Waals surface area (Å²) in [6.07, 6.45) is 1.08. The molecular weight excluding hydrogens is 228 g/mol. The number of anilines is 1. The largest absolute Gasteiger partial charge is 0.383 e. The number of nitrogens with zero attached hydrogens (tertiary/aromatic N) is 3. The zero-order valence-corrected chi connectivity index (χ0v) is 12.2. The molecular formula is C13H26N4O. The molecule has 0 aliphatic rings. The molecule has 0 aliphatic heterocycles. The predicted octanol–water partition coefficient (Wildman–Crippen LogP) is 1.44. The predicted molar refractivity (Wildman–Crippen MR) is 74.8 cm³/mol. The summed E-state index contributed by atoms with van der Waals surface area (Å²) in [5, 5.41) is 4.48. The second-order valence-electron chi connectivity index (χ2n) is 4.66. The van der Waals surface area contributed by atoms with Crippen LogP contribution in [0.2, 0.25) is 0 Å². The number of rotatable bonds is 7. The van der Waals surface area contributed by atoms with Gasteiger partial charge in [0.25, 0.3) is 0 Å². The van der Waals surface area contributed by atoms with Crippen LogP contribution in [0.1, 0.15) is 31.5 Å². The third kappa shape index (κ3) is 3.03. The molecule has 5 nitrogen and oxygen atoms in total. The molecule has 0 aromatic carbocycles. The smallest absolute Gasteiger partial charge is 0.131 e. The summed E-state index contributed by atoms with van der Waals surface area (Å²) in [4.78, 5) is 2.34. The average Bonchev–Trinajstić information content (AvgIpc) is 2.64. The summed E-state index contributed by atoms with van der Waals surface area (Å²) < 4.78 is 7.14. The molecule has 0 bridgehead atoms. The number of nitrogens with two attached hydrogens (primary N) is 1. The maximum Gasteiger partial charge on any atom is 0.131 e. The highest BCUT2D eigenvalue weighted by atomic mass is 16.5. The summed E-state index contributed by atoms with van der Waals surface area (Å²) in [7, 11) is 3.71. The molecule has 0 aliphatic carbocycles. The number of hydrogen-bond acceptors (Lipinski definition) is 4. The Kier molecular flexibility index (Phi) is 5.62. The van der Waals surface area contributed by atoms with E-state index >= 15 is 0 Å². The first-order chi connectivity index (χ1) is 8.56. The Morgan fingerprint density at radius 2 is 2.17 bits per heavy atom. The summed E-state index contributed by atoms with van der Waals surface area (Å²) >= 11 is 0. The van der Waals surface area contributed by atoms with Crippen molar-refractivity contribution in [3.05, 3.63) is 11.3 Å². The lowest BCUT2D eigenvalue weighted by Crippen LogP contribution is -2.37. The zero-order chi connectivity index (χ0) is 13.7. The number of ether oxygens (including phenoxy) is 1. The molecule has 0 spiro atoms. The van der Waals surface area contributed by atoms with E-state index in [9.17, 15) is 0 Å². The van der Waals surface area contributed by atoms with Crippen molar-refractivity contribution >= 4 is 5.82 Å². The highest BCUT2D eigenvalue weighted by Gasteiger charge is 2.21. The standard InChI is InChI=1S/C13H26N4O/c1-6-10(2)17(7-8-18-5)13-12(9-14)11(3)15-16(13)4/h10H,6-9,14H2,1-5H3. The van der Waals surface area contributed by atoms with Crippen LogP contribution >= 0.6 is 0 Å². The van der Waals surface area contributed by atoms with Crippen molar-refractivity contribution in [1.82, 2.24) is 9.78 Å². The monoisotopic (exact) mass is 254 g/mol. The molecule has 2 N–H and O–H groups in total. The zero-order valence-electron chi connectivity index (χ0n) is 12.2. The van der Waals surface area contributed by atoms with Crippen LogP contribution in [0, 0.1) is 6.92 Å². The first kappa shape index (κ1) is 15.0. The van der Waals surface area contributed by atoms with Crippen molar-refractivity contribution < 1.29 is 4.74 Å². The maximum absolute atomic E-state index is 5.86. The molecule has 1 unspecified atom stereocenters. The van der Waals surface area contributed by atoms with Gasteiger partial charge in [0.15, 0.2) is 0 Å². The molecule has 18 heavy (non-hydrogen) atoms. The van der Waals surface area contributed by atoms with Crippen LogP contribution in [0.15, 0.2) is 0 Å². The Balaban J connectivity index is 3.11. The second-order valence-corrected chi connectivity index (χ2v) is 4.66. The van der Waals surface area contributed by atoms with E-state index < -0.39 is 0 Å². The van der Waals surface area contributed by atoms with Gasteiger partial charge < -0.3 is 15.4 Å². The summed E-state index contributed by atoms with van der Waals surface area (Å²) in [6.45, 7) is 8.51. The van der Waals surface area contributed by atoms with Gasteiger partial charge in [0.1, 0.15) is 5.82 Å². The average molecular weight is 254 g/mol. The van der Waals surface area contributed by atoms with Crippen LogP contribution in [0.5, 0.6) is 0 Å². The highest BCUT2D eigenvalue weighted by Crippen LogP contribution is 2.25. The molecule has 0 radical (unpaired) electrons. The van der Waals surface area contributed by atoms with Gasteiger partial charge in [0.05, 0.1) is 12.3 Å². The van der Waals surface area contributed by atoms with Crippen LogP contribution in [0.4, 0.5) is 5.82 Å². The third-order valence-corrected chi connectivity index (χ3v) is 3.45. The fourth-order valence-corrected chi connectivity index (χ4v) is 2.23. The Bertz CT molecular complexity index is 375. The van der Waals surface area contributed by atoms with Crippen molar-refractivity contribution in [3.8, 4) is 0 Å². The van der Waals surface area contributed by atoms with E-state index in [2.05, 4.69) is 23.8 Å². The normalized spacial score (nSPS) is 12.8. The van der Waals surface area contributed by atoms with E-state index in [1.54, 1.807) is 7.11 Å². The minimum absolute atomic E-state index is 0.445. The molecule has 5 heteroatoms. The first-order valence-corrected chi connectivity index (χ1v) is 6.54. The molecule has 1 atom stereocenters. The molecule has 0 saturated heterocycles. The van der Waals surface area contributed by atoms with Gasteiger partial charge in [-0.15, -0.1) is 0 Å². The van der Waals surface area contributed by atoms with E-state index in [0.717, 1.165) is 30.0 Å². The Morgan fingerprint density at radius 3 is 2.67 bits per heavy atom. The van der Waals surface area contributed by atoms with Crippen molar-refractivity contribution in [2.75, 3.05) is 25.2 Å². The SMILES string of the molecule is CCC(C)N(CCOC)c1c(CN)c(C)nn1C. The van der Waals surface area contributed by atoms with Gasteiger partial charge in [-0.25, -0.2) is 0 Å². The number of hydrogen-bond donors (Lipinski definition) is 1. The molecule has 1 aromatic rings. The van der Waals surface area contributed by atoms with Gasteiger partial charge in [-0.3, -0.25) is 4.68 Å². The Hall–Kier alpha value is -1.07. The van der Waals surface area contributed by atoms with Gasteiger partial charge in [-0.2, -0.15) is 5.10 Å². The molecule has 0 saturated carbocycles. The van der Waals surface area contributed by atoms with Crippen molar-refractivity contribution in [2.45, 2.75) is 39.8 Å². The minimum Gasteiger partial charge on any atom is -0.383 e. The lowest BCUT2D eigenvalue weighted by atomic mass is 10.1. The van der Waals surface area contributed by atoms with E-state index in [-0.39, 0.29) is 0 Å². The lowest BCUT2D eigenvalue weighted by molar-refractivity contribution is 0.203. The third-order valence-electron chi connectivity index (χ3n) is 3.45. The Morgan fingerprint density at radius 1 is 1.50 bits per heavy atom. The van der Waals surface area contributed by atoms with Crippen molar-refractivity contribution in [1.29, 1.82) is 0 Å². The maximum atomic E-state index is 5.86. The number of methoxy groups -OCH3 is 1. The summed E-state index contributed by atoms with van der Waals surface area (Å²) in [5.74, 6) is 1.13. The minimum atomic E-state index is 0.445. The van der Waals surface area contributed by atoms with Crippen molar-refractivity contribution in [2.24, 2.45) is 12.8 Å². The number of aryl methyl sites for hydroxylation is 2. The molecule has 1 aromatic heterocycles. The lowest BCUT2D eigenvalue weighted by Gasteiger charge is -2.31. The van der Waals surface area contributed by atoms with Crippen LogP contribution in [0.25, 0.3) is 0 Å². The van der Waals surface area contributed by atoms with Crippen LogP contribution in [0.3, 0.4) is 0 Å². The second kappa shape index (κ2) is 6.75. The molecule has 1 rings (SSSR count). The van der Waals surface area contributed by atoms with Gasteiger partial charge >= 0.3 is 0 Å².